The summed E-state index contributed by atoms with van der Waals surface area (Å²) in [6.45, 7) is 3.59. The highest BCUT2D eigenvalue weighted by atomic mass is 19.4. The maximum Gasteiger partial charge on any atom is 0.416 e. The lowest BCUT2D eigenvalue weighted by Crippen LogP contribution is -2.31. The number of allylic oxidation sites excluding steroid dienone is 1. The smallest absolute Gasteiger partial charge is 0.416 e. The highest BCUT2D eigenvalue weighted by Gasteiger charge is 2.41. The number of esters is 2. The largest absolute Gasteiger partial charge is 0.463 e. The predicted molar refractivity (Wildman–Crippen MR) is 98.4 cm³/mol. The fourth-order valence-corrected chi connectivity index (χ4v) is 3.38. The van der Waals surface area contributed by atoms with Crippen molar-refractivity contribution >= 4 is 11.9 Å². The quantitative estimate of drug-likeness (QED) is 0.718. The molecule has 0 radical (unpaired) electrons. The van der Waals surface area contributed by atoms with Crippen molar-refractivity contribution in [2.24, 2.45) is 5.92 Å². The lowest BCUT2D eigenvalue weighted by Gasteiger charge is -2.29. The first kappa shape index (κ1) is 21.0. The van der Waals surface area contributed by atoms with Crippen LogP contribution in [0.3, 0.4) is 0 Å². The molecule has 1 fully saturated rings. The lowest BCUT2D eigenvalue weighted by molar-refractivity contribution is -0.140. The van der Waals surface area contributed by atoms with Crippen molar-refractivity contribution in [1.29, 1.82) is 0 Å². The molecule has 0 spiro atoms. The van der Waals surface area contributed by atoms with Crippen LogP contribution in [0.15, 0.2) is 47.3 Å². The molecule has 1 aromatic carbocycles. The summed E-state index contributed by atoms with van der Waals surface area (Å²) in [5, 5.41) is 3.03. The van der Waals surface area contributed by atoms with E-state index >= 15 is 0 Å². The van der Waals surface area contributed by atoms with Crippen LogP contribution in [0.2, 0.25) is 0 Å². The minimum atomic E-state index is -4.48. The first-order valence-electron chi connectivity index (χ1n) is 9.49. The maximum atomic E-state index is 13.0. The van der Waals surface area contributed by atoms with Gasteiger partial charge in [-0.05, 0) is 50.3 Å². The molecule has 1 unspecified atom stereocenters. The fourth-order valence-electron chi connectivity index (χ4n) is 3.38. The van der Waals surface area contributed by atoms with E-state index in [4.69, 9.17) is 9.47 Å². The van der Waals surface area contributed by atoms with E-state index in [1.165, 1.54) is 18.3 Å². The van der Waals surface area contributed by atoms with Gasteiger partial charge in [-0.15, -0.1) is 0 Å². The third-order valence-corrected chi connectivity index (χ3v) is 4.84. The average molecular weight is 409 g/mol. The number of nitrogens with one attached hydrogen (secondary N) is 1. The second-order valence-electron chi connectivity index (χ2n) is 6.84. The topological polar surface area (TPSA) is 64.6 Å². The number of halogens is 3. The van der Waals surface area contributed by atoms with E-state index in [1.807, 2.05) is 0 Å². The number of carbonyl (C=O) groups is 2. The van der Waals surface area contributed by atoms with Gasteiger partial charge in [-0.3, -0.25) is 0 Å². The molecule has 0 bridgehead atoms. The lowest BCUT2D eigenvalue weighted by atomic mass is 9.81. The van der Waals surface area contributed by atoms with Crippen molar-refractivity contribution in [1.82, 2.24) is 5.32 Å². The van der Waals surface area contributed by atoms with Crippen LogP contribution in [0.25, 0.3) is 0 Å². The van der Waals surface area contributed by atoms with Crippen LogP contribution >= 0.6 is 0 Å². The molecular formula is C21H22F3NO4. The summed E-state index contributed by atoms with van der Waals surface area (Å²) in [6.07, 6.45) is -1.23. The van der Waals surface area contributed by atoms with E-state index < -0.39 is 29.6 Å². The number of alkyl halides is 3. The van der Waals surface area contributed by atoms with E-state index in [0.717, 1.165) is 25.0 Å². The van der Waals surface area contributed by atoms with Crippen molar-refractivity contribution in [3.63, 3.8) is 0 Å². The van der Waals surface area contributed by atoms with Crippen LogP contribution in [0.4, 0.5) is 13.2 Å². The van der Waals surface area contributed by atoms with Crippen molar-refractivity contribution in [3.05, 3.63) is 58.4 Å². The average Bonchev–Trinajstić information content (AvgIpc) is 3.52. The Morgan fingerprint density at radius 2 is 1.62 bits per heavy atom. The Bertz CT molecular complexity index is 852. The van der Waals surface area contributed by atoms with Crippen LogP contribution in [-0.4, -0.2) is 25.2 Å². The van der Waals surface area contributed by atoms with Crippen molar-refractivity contribution < 1.29 is 32.2 Å². The summed E-state index contributed by atoms with van der Waals surface area (Å²) < 4.78 is 49.2. The zero-order valence-electron chi connectivity index (χ0n) is 16.1. The zero-order valence-corrected chi connectivity index (χ0v) is 16.1. The van der Waals surface area contributed by atoms with Crippen LogP contribution in [0, 0.1) is 5.92 Å². The number of carbonyl (C=O) groups excluding carboxylic acids is 2. The van der Waals surface area contributed by atoms with Gasteiger partial charge >= 0.3 is 18.1 Å². The Kier molecular flexibility index (Phi) is 6.00. The number of rotatable bonds is 6. The Morgan fingerprint density at radius 1 is 1.03 bits per heavy atom. The van der Waals surface area contributed by atoms with Crippen LogP contribution in [0.1, 0.15) is 43.7 Å². The van der Waals surface area contributed by atoms with E-state index in [2.05, 4.69) is 5.32 Å². The third kappa shape index (κ3) is 4.46. The van der Waals surface area contributed by atoms with Crippen LogP contribution < -0.4 is 5.32 Å². The molecule has 2 aliphatic rings. The standard InChI is InChI=1S/C21H22F3NO4/c1-3-28-19(26)15-11-25-18(13-5-6-13)17(20(27)29-4-2)16(15)12-7-9-14(10-8-12)21(22,23)24/h7-11,13,16,25H,3-6H2,1-2H3. The summed E-state index contributed by atoms with van der Waals surface area (Å²) in [4.78, 5) is 25.3. The van der Waals surface area contributed by atoms with Crippen molar-refractivity contribution in [3.8, 4) is 0 Å². The highest BCUT2D eigenvalue weighted by Crippen LogP contribution is 2.45. The number of ether oxygens (including phenoxy) is 2. The second kappa shape index (κ2) is 8.31. The van der Waals surface area contributed by atoms with E-state index in [1.54, 1.807) is 13.8 Å². The van der Waals surface area contributed by atoms with Gasteiger partial charge < -0.3 is 14.8 Å². The monoisotopic (exact) mass is 409 g/mol. The molecule has 3 rings (SSSR count). The highest BCUT2D eigenvalue weighted by molar-refractivity contribution is 5.99. The summed E-state index contributed by atoms with van der Waals surface area (Å²) >= 11 is 0. The molecule has 0 aromatic heterocycles. The number of benzene rings is 1. The molecule has 1 N–H and O–H groups in total. The molecule has 1 aliphatic carbocycles. The van der Waals surface area contributed by atoms with Gasteiger partial charge in [0.2, 0.25) is 0 Å². The normalized spacial score (nSPS) is 19.3. The number of hydrogen-bond acceptors (Lipinski definition) is 5. The molecule has 0 amide bonds. The van der Waals surface area contributed by atoms with Gasteiger partial charge in [0.1, 0.15) is 0 Å². The summed E-state index contributed by atoms with van der Waals surface area (Å²) in [5.41, 5.74) is 0.640. The summed E-state index contributed by atoms with van der Waals surface area (Å²) in [6, 6.07) is 4.46. The van der Waals surface area contributed by atoms with Gasteiger partial charge in [-0.2, -0.15) is 13.2 Å². The van der Waals surface area contributed by atoms with Gasteiger partial charge in [-0.1, -0.05) is 12.1 Å². The molecule has 156 valence electrons. The van der Waals surface area contributed by atoms with E-state index in [-0.39, 0.29) is 30.3 Å². The first-order valence-corrected chi connectivity index (χ1v) is 9.49. The number of hydrogen-bond donors (Lipinski definition) is 1. The second-order valence-corrected chi connectivity index (χ2v) is 6.84. The fraction of sp³-hybridized carbons (Fsp3) is 0.429. The van der Waals surface area contributed by atoms with Crippen molar-refractivity contribution in [2.45, 2.75) is 38.8 Å². The molecule has 1 aliphatic heterocycles. The molecule has 5 nitrogen and oxygen atoms in total. The Labute approximate surface area is 166 Å². The van der Waals surface area contributed by atoms with Crippen molar-refractivity contribution in [2.75, 3.05) is 13.2 Å². The zero-order chi connectivity index (χ0) is 21.2. The molecule has 1 aromatic rings. The predicted octanol–water partition coefficient (Wildman–Crippen LogP) is 4.07. The SMILES string of the molecule is CCOC(=O)C1=CNC(C2CC2)=C(C(=O)OCC)C1c1ccc(C(F)(F)F)cc1. The molecular weight excluding hydrogens is 387 g/mol. The van der Waals surface area contributed by atoms with E-state index in [0.29, 0.717) is 11.3 Å². The molecule has 29 heavy (non-hydrogen) atoms. The molecule has 1 heterocycles. The first-order chi connectivity index (χ1) is 13.8. The maximum absolute atomic E-state index is 13.0. The molecule has 1 saturated carbocycles. The van der Waals surface area contributed by atoms with E-state index in [9.17, 15) is 22.8 Å². The molecule has 0 saturated heterocycles. The molecule has 1 atom stereocenters. The Hall–Kier alpha value is -2.77. The van der Waals surface area contributed by atoms with Gasteiger partial charge in [0, 0.05) is 11.9 Å². The van der Waals surface area contributed by atoms with Crippen LogP contribution in [0.5, 0.6) is 0 Å². The van der Waals surface area contributed by atoms with Gasteiger partial charge in [-0.25, -0.2) is 9.59 Å². The minimum absolute atomic E-state index is 0.129. The summed E-state index contributed by atoms with van der Waals surface area (Å²) in [5.74, 6) is -1.97. The third-order valence-electron chi connectivity index (χ3n) is 4.84. The van der Waals surface area contributed by atoms with Crippen LogP contribution in [-0.2, 0) is 25.2 Å². The Morgan fingerprint density at radius 3 is 2.14 bits per heavy atom. The minimum Gasteiger partial charge on any atom is -0.463 e. The molecule has 8 heteroatoms. The van der Waals surface area contributed by atoms with Gasteiger partial charge in [0.15, 0.2) is 0 Å². The van der Waals surface area contributed by atoms with Gasteiger partial charge in [0.05, 0.1) is 35.8 Å². The Balaban J connectivity index is 2.10. The summed E-state index contributed by atoms with van der Waals surface area (Å²) in [7, 11) is 0. The van der Waals surface area contributed by atoms with Gasteiger partial charge in [0.25, 0.3) is 0 Å². The number of dihydropyridines is 1.